The summed E-state index contributed by atoms with van der Waals surface area (Å²) in [6.45, 7) is 2.50. The predicted octanol–water partition coefficient (Wildman–Crippen LogP) is 2.64. The third-order valence-electron chi connectivity index (χ3n) is 4.06. The molecule has 1 fully saturated rings. The van der Waals surface area contributed by atoms with E-state index >= 15 is 0 Å². The van der Waals surface area contributed by atoms with Crippen LogP contribution in [-0.4, -0.2) is 34.3 Å². The number of carbonyl (C=O) groups excluding carboxylic acids is 2. The Bertz CT molecular complexity index is 744. The summed E-state index contributed by atoms with van der Waals surface area (Å²) in [5.41, 5.74) is 2.37. The van der Waals surface area contributed by atoms with Crippen LogP contribution in [-0.2, 0) is 16.1 Å². The summed E-state index contributed by atoms with van der Waals surface area (Å²) in [7, 11) is 0. The van der Waals surface area contributed by atoms with Gasteiger partial charge in [0.15, 0.2) is 0 Å². The van der Waals surface area contributed by atoms with Gasteiger partial charge in [-0.05, 0) is 42.7 Å². The highest BCUT2D eigenvalue weighted by molar-refractivity contribution is 5.99. The van der Waals surface area contributed by atoms with E-state index in [0.29, 0.717) is 24.0 Å². The van der Waals surface area contributed by atoms with Crippen LogP contribution in [0.15, 0.2) is 48.8 Å². The van der Waals surface area contributed by atoms with Crippen LogP contribution in [0.4, 0.5) is 11.4 Å². The standard InChI is InChI=1S/C19H22N4O2/c1-14(24)21-17-4-2-3-5-18(17)22-19(25)13-23(16-6-7-16)12-15-8-10-20-11-9-15/h2-5,8-11,16H,6-7,12-13H2,1H3,(H,21,24)(H,22,25). The van der Waals surface area contributed by atoms with Crippen LogP contribution in [0, 0.1) is 0 Å². The summed E-state index contributed by atoms with van der Waals surface area (Å²) < 4.78 is 0. The minimum Gasteiger partial charge on any atom is -0.325 e. The molecule has 1 aliphatic rings. The van der Waals surface area contributed by atoms with E-state index in [-0.39, 0.29) is 11.8 Å². The molecule has 2 amide bonds. The summed E-state index contributed by atoms with van der Waals surface area (Å²) in [5.74, 6) is -0.252. The number of nitrogens with one attached hydrogen (secondary N) is 2. The maximum Gasteiger partial charge on any atom is 0.238 e. The van der Waals surface area contributed by atoms with Gasteiger partial charge in [0, 0.05) is 31.9 Å². The molecule has 2 N–H and O–H groups in total. The van der Waals surface area contributed by atoms with E-state index in [0.717, 1.165) is 24.9 Å². The van der Waals surface area contributed by atoms with Crippen LogP contribution in [0.3, 0.4) is 0 Å². The fraction of sp³-hybridized carbons (Fsp3) is 0.316. The zero-order chi connectivity index (χ0) is 17.6. The van der Waals surface area contributed by atoms with E-state index in [1.807, 2.05) is 24.3 Å². The molecular weight excluding hydrogens is 316 g/mol. The fourth-order valence-electron chi connectivity index (χ4n) is 2.74. The average Bonchev–Trinajstić information content (AvgIpc) is 3.41. The highest BCUT2D eigenvalue weighted by Crippen LogP contribution is 2.28. The van der Waals surface area contributed by atoms with Crippen molar-refractivity contribution in [3.63, 3.8) is 0 Å². The average molecular weight is 338 g/mol. The molecule has 1 heterocycles. The van der Waals surface area contributed by atoms with Gasteiger partial charge in [-0.15, -0.1) is 0 Å². The first-order chi connectivity index (χ1) is 12.1. The predicted molar refractivity (Wildman–Crippen MR) is 97.0 cm³/mol. The van der Waals surface area contributed by atoms with E-state index in [4.69, 9.17) is 0 Å². The van der Waals surface area contributed by atoms with Crippen molar-refractivity contribution in [3.8, 4) is 0 Å². The quantitative estimate of drug-likeness (QED) is 0.814. The second kappa shape index (κ2) is 7.90. The van der Waals surface area contributed by atoms with E-state index < -0.39 is 0 Å². The van der Waals surface area contributed by atoms with Crippen molar-refractivity contribution in [1.29, 1.82) is 0 Å². The zero-order valence-electron chi connectivity index (χ0n) is 14.2. The smallest absolute Gasteiger partial charge is 0.238 e. The van der Waals surface area contributed by atoms with Gasteiger partial charge in [0.2, 0.25) is 11.8 Å². The van der Waals surface area contributed by atoms with E-state index in [1.165, 1.54) is 6.92 Å². The maximum absolute atomic E-state index is 12.5. The Hall–Kier alpha value is -2.73. The minimum absolute atomic E-state index is 0.0845. The molecule has 3 rings (SSSR count). The van der Waals surface area contributed by atoms with Gasteiger partial charge < -0.3 is 10.6 Å². The maximum atomic E-state index is 12.5. The summed E-state index contributed by atoms with van der Waals surface area (Å²) in [6.07, 6.45) is 5.79. The first-order valence-corrected chi connectivity index (χ1v) is 8.41. The lowest BCUT2D eigenvalue weighted by Crippen LogP contribution is -2.34. The van der Waals surface area contributed by atoms with Crippen LogP contribution in [0.5, 0.6) is 0 Å². The largest absolute Gasteiger partial charge is 0.325 e. The Morgan fingerprint density at radius 3 is 2.32 bits per heavy atom. The fourth-order valence-corrected chi connectivity index (χ4v) is 2.74. The van der Waals surface area contributed by atoms with Gasteiger partial charge in [0.1, 0.15) is 0 Å². The Morgan fingerprint density at radius 2 is 1.72 bits per heavy atom. The van der Waals surface area contributed by atoms with Gasteiger partial charge in [-0.25, -0.2) is 0 Å². The van der Waals surface area contributed by atoms with Gasteiger partial charge in [-0.3, -0.25) is 19.5 Å². The first-order valence-electron chi connectivity index (χ1n) is 8.41. The lowest BCUT2D eigenvalue weighted by Gasteiger charge is -2.22. The second-order valence-corrected chi connectivity index (χ2v) is 6.27. The molecule has 130 valence electrons. The molecule has 1 aromatic carbocycles. The summed E-state index contributed by atoms with van der Waals surface area (Å²) >= 11 is 0. The molecule has 1 aromatic heterocycles. The SMILES string of the molecule is CC(=O)Nc1ccccc1NC(=O)CN(Cc1ccncc1)C1CC1. The number of amides is 2. The lowest BCUT2D eigenvalue weighted by molar-refractivity contribution is -0.117. The Balaban J connectivity index is 1.63. The molecule has 2 aromatic rings. The lowest BCUT2D eigenvalue weighted by atomic mass is 10.2. The van der Waals surface area contributed by atoms with Crippen molar-refractivity contribution in [1.82, 2.24) is 9.88 Å². The molecule has 0 saturated heterocycles. The molecule has 0 aliphatic heterocycles. The number of hydrogen-bond acceptors (Lipinski definition) is 4. The van der Waals surface area contributed by atoms with Crippen LogP contribution >= 0.6 is 0 Å². The number of pyridine rings is 1. The third kappa shape index (κ3) is 5.12. The minimum atomic E-state index is -0.168. The van der Waals surface area contributed by atoms with Crippen molar-refractivity contribution in [3.05, 3.63) is 54.4 Å². The van der Waals surface area contributed by atoms with Crippen molar-refractivity contribution in [2.24, 2.45) is 0 Å². The van der Waals surface area contributed by atoms with Crippen LogP contribution in [0.25, 0.3) is 0 Å². The van der Waals surface area contributed by atoms with E-state index in [1.54, 1.807) is 24.5 Å². The number of benzene rings is 1. The van der Waals surface area contributed by atoms with Crippen LogP contribution in [0.2, 0.25) is 0 Å². The van der Waals surface area contributed by atoms with Crippen molar-refractivity contribution in [2.45, 2.75) is 32.4 Å². The summed E-state index contributed by atoms with van der Waals surface area (Å²) in [4.78, 5) is 30.0. The number of anilines is 2. The number of rotatable bonds is 7. The monoisotopic (exact) mass is 338 g/mol. The molecule has 0 bridgehead atoms. The topological polar surface area (TPSA) is 74.3 Å². The normalized spacial score (nSPS) is 13.5. The van der Waals surface area contributed by atoms with Crippen molar-refractivity contribution >= 4 is 23.2 Å². The van der Waals surface area contributed by atoms with Gasteiger partial charge >= 0.3 is 0 Å². The first kappa shape index (κ1) is 17.1. The van der Waals surface area contributed by atoms with Crippen LogP contribution < -0.4 is 10.6 Å². The Kier molecular flexibility index (Phi) is 5.40. The molecule has 0 spiro atoms. The summed E-state index contributed by atoms with van der Waals surface area (Å²) in [5, 5.41) is 5.64. The number of para-hydroxylation sites is 2. The molecule has 25 heavy (non-hydrogen) atoms. The molecule has 0 unspecified atom stereocenters. The molecule has 1 saturated carbocycles. The Labute approximate surface area is 147 Å². The molecule has 6 nitrogen and oxygen atoms in total. The number of carbonyl (C=O) groups is 2. The van der Waals surface area contributed by atoms with Crippen molar-refractivity contribution < 1.29 is 9.59 Å². The van der Waals surface area contributed by atoms with E-state index in [2.05, 4.69) is 20.5 Å². The van der Waals surface area contributed by atoms with Gasteiger partial charge in [-0.1, -0.05) is 12.1 Å². The molecule has 1 aliphatic carbocycles. The molecule has 0 atom stereocenters. The number of nitrogens with zero attached hydrogens (tertiary/aromatic N) is 2. The van der Waals surface area contributed by atoms with Gasteiger partial charge in [0.05, 0.1) is 17.9 Å². The van der Waals surface area contributed by atoms with Crippen LogP contribution in [0.1, 0.15) is 25.3 Å². The number of hydrogen-bond donors (Lipinski definition) is 2. The molecule has 0 radical (unpaired) electrons. The van der Waals surface area contributed by atoms with Crippen molar-refractivity contribution in [2.75, 3.05) is 17.2 Å². The summed E-state index contributed by atoms with van der Waals surface area (Å²) in [6, 6.07) is 11.6. The molecular formula is C19H22N4O2. The molecule has 6 heteroatoms. The van der Waals surface area contributed by atoms with Gasteiger partial charge in [-0.2, -0.15) is 0 Å². The van der Waals surface area contributed by atoms with E-state index in [9.17, 15) is 9.59 Å². The van der Waals surface area contributed by atoms with Gasteiger partial charge in [0.25, 0.3) is 0 Å². The second-order valence-electron chi connectivity index (χ2n) is 6.27. The third-order valence-corrected chi connectivity index (χ3v) is 4.06. The Morgan fingerprint density at radius 1 is 1.08 bits per heavy atom. The highest BCUT2D eigenvalue weighted by Gasteiger charge is 2.30. The number of aromatic nitrogens is 1. The highest BCUT2D eigenvalue weighted by atomic mass is 16.2. The zero-order valence-corrected chi connectivity index (χ0v) is 14.2.